The van der Waals surface area contributed by atoms with Crippen molar-refractivity contribution < 1.29 is 9.59 Å². The molecule has 1 unspecified atom stereocenters. The molecule has 0 saturated heterocycles. The maximum Gasteiger partial charge on any atom is 0.239 e. The van der Waals surface area contributed by atoms with Crippen LogP contribution in [0.15, 0.2) is 0 Å². The van der Waals surface area contributed by atoms with Gasteiger partial charge in [-0.05, 0) is 39.5 Å². The molecule has 1 atom stereocenters. The van der Waals surface area contributed by atoms with Gasteiger partial charge in [-0.2, -0.15) is 0 Å². The number of rotatable bonds is 7. The summed E-state index contributed by atoms with van der Waals surface area (Å²) in [5, 5.41) is 2.79. The molecule has 0 aliphatic heterocycles. The highest BCUT2D eigenvalue weighted by atomic mass is 16.2. The predicted octanol–water partition coefficient (Wildman–Crippen LogP) is 0.487. The number of amides is 2. The van der Waals surface area contributed by atoms with Gasteiger partial charge in [0.25, 0.3) is 0 Å². The van der Waals surface area contributed by atoms with E-state index in [1.54, 1.807) is 4.90 Å². The third-order valence-electron chi connectivity index (χ3n) is 3.16. The molecule has 2 amide bonds. The van der Waals surface area contributed by atoms with E-state index in [9.17, 15) is 9.59 Å². The molecule has 104 valence electrons. The Hall–Kier alpha value is -1.10. The van der Waals surface area contributed by atoms with E-state index in [0.29, 0.717) is 18.9 Å². The number of nitrogens with one attached hydrogen (secondary N) is 1. The lowest BCUT2D eigenvalue weighted by Crippen LogP contribution is -2.44. The van der Waals surface area contributed by atoms with Crippen molar-refractivity contribution in [2.24, 2.45) is 11.7 Å². The fourth-order valence-electron chi connectivity index (χ4n) is 1.94. The van der Waals surface area contributed by atoms with E-state index in [4.69, 9.17) is 5.73 Å². The second-order valence-corrected chi connectivity index (χ2v) is 5.34. The molecule has 0 heterocycles. The van der Waals surface area contributed by atoms with Gasteiger partial charge in [-0.25, -0.2) is 0 Å². The quantitative estimate of drug-likeness (QED) is 0.695. The van der Waals surface area contributed by atoms with Gasteiger partial charge in [0.2, 0.25) is 11.8 Å². The van der Waals surface area contributed by atoms with E-state index < -0.39 is 0 Å². The number of nitrogens with zero attached hydrogens (tertiary/aromatic N) is 1. The Morgan fingerprint density at radius 2 is 2.00 bits per heavy atom. The van der Waals surface area contributed by atoms with Crippen LogP contribution in [0.4, 0.5) is 0 Å². The van der Waals surface area contributed by atoms with E-state index in [1.165, 1.54) is 0 Å². The molecular weight excluding hydrogens is 230 g/mol. The van der Waals surface area contributed by atoms with Crippen LogP contribution in [0.1, 0.15) is 40.0 Å². The average Bonchev–Trinajstić information content (AvgIpc) is 3.08. The predicted molar refractivity (Wildman–Crippen MR) is 70.8 cm³/mol. The molecule has 0 spiro atoms. The molecule has 1 rings (SSSR count). The second-order valence-electron chi connectivity index (χ2n) is 5.34. The Kier molecular flexibility index (Phi) is 5.59. The number of likely N-dealkylation sites (N-methyl/N-ethyl adjacent to an activating group) is 1. The topological polar surface area (TPSA) is 75.4 Å². The lowest BCUT2D eigenvalue weighted by atomic mass is 10.1. The van der Waals surface area contributed by atoms with E-state index in [-0.39, 0.29) is 30.4 Å². The molecule has 0 aromatic carbocycles. The molecule has 1 aliphatic rings. The summed E-state index contributed by atoms with van der Waals surface area (Å²) in [5.74, 6) is 0.383. The summed E-state index contributed by atoms with van der Waals surface area (Å²) in [5.41, 5.74) is 5.94. The molecule has 0 aromatic rings. The second kappa shape index (κ2) is 6.73. The summed E-state index contributed by atoms with van der Waals surface area (Å²) in [6.07, 6.45) is 2.62. The lowest BCUT2D eigenvalue weighted by Gasteiger charge is -2.22. The maximum atomic E-state index is 12.0. The van der Waals surface area contributed by atoms with Crippen molar-refractivity contribution in [2.45, 2.75) is 52.1 Å². The van der Waals surface area contributed by atoms with Gasteiger partial charge in [-0.1, -0.05) is 0 Å². The standard InChI is InChI=1S/C13H25N3O2/c1-4-16(8-12(17)15-9(2)3)13(18)7-11(14)10-5-6-10/h9-11H,4-8,14H2,1-3H3,(H,15,17). The number of hydrogen-bond acceptors (Lipinski definition) is 3. The summed E-state index contributed by atoms with van der Waals surface area (Å²) < 4.78 is 0. The van der Waals surface area contributed by atoms with Gasteiger partial charge in [0.05, 0.1) is 6.54 Å². The summed E-state index contributed by atoms with van der Waals surface area (Å²) in [6, 6.07) is 0.0553. The summed E-state index contributed by atoms with van der Waals surface area (Å²) in [6.45, 7) is 6.36. The first-order chi connectivity index (χ1) is 8.43. The normalized spacial score (nSPS) is 16.5. The molecule has 18 heavy (non-hydrogen) atoms. The fourth-order valence-corrected chi connectivity index (χ4v) is 1.94. The number of hydrogen-bond donors (Lipinski definition) is 2. The Labute approximate surface area is 109 Å². The third kappa shape index (κ3) is 5.04. The number of carbonyl (C=O) groups excluding carboxylic acids is 2. The van der Waals surface area contributed by atoms with Crippen LogP contribution < -0.4 is 11.1 Å². The van der Waals surface area contributed by atoms with Crippen molar-refractivity contribution in [1.29, 1.82) is 0 Å². The van der Waals surface area contributed by atoms with Gasteiger partial charge < -0.3 is 16.0 Å². The van der Waals surface area contributed by atoms with Crippen LogP contribution in [0.3, 0.4) is 0 Å². The van der Waals surface area contributed by atoms with Crippen LogP contribution in [-0.4, -0.2) is 41.9 Å². The Bertz CT molecular complexity index is 301. The molecule has 5 heteroatoms. The van der Waals surface area contributed by atoms with Crippen LogP contribution in [0.5, 0.6) is 0 Å². The van der Waals surface area contributed by atoms with E-state index in [0.717, 1.165) is 12.8 Å². The molecule has 5 nitrogen and oxygen atoms in total. The van der Waals surface area contributed by atoms with E-state index in [1.807, 2.05) is 20.8 Å². The summed E-state index contributed by atoms with van der Waals surface area (Å²) >= 11 is 0. The van der Waals surface area contributed by atoms with Crippen molar-refractivity contribution in [3.05, 3.63) is 0 Å². The zero-order chi connectivity index (χ0) is 13.7. The van der Waals surface area contributed by atoms with Gasteiger partial charge in [-0.15, -0.1) is 0 Å². The van der Waals surface area contributed by atoms with Crippen LogP contribution in [0.25, 0.3) is 0 Å². The SMILES string of the molecule is CCN(CC(=O)NC(C)C)C(=O)CC(N)C1CC1. The fraction of sp³-hybridized carbons (Fsp3) is 0.846. The number of carbonyl (C=O) groups is 2. The van der Waals surface area contributed by atoms with Gasteiger partial charge in [0.15, 0.2) is 0 Å². The first-order valence-corrected chi connectivity index (χ1v) is 6.76. The van der Waals surface area contributed by atoms with Crippen molar-refractivity contribution >= 4 is 11.8 Å². The zero-order valence-corrected chi connectivity index (χ0v) is 11.6. The van der Waals surface area contributed by atoms with Crippen molar-refractivity contribution in [2.75, 3.05) is 13.1 Å². The maximum absolute atomic E-state index is 12.0. The monoisotopic (exact) mass is 255 g/mol. The van der Waals surface area contributed by atoms with Crippen LogP contribution in [0.2, 0.25) is 0 Å². The smallest absolute Gasteiger partial charge is 0.239 e. The largest absolute Gasteiger partial charge is 0.352 e. The molecule has 1 fully saturated rings. The van der Waals surface area contributed by atoms with E-state index >= 15 is 0 Å². The van der Waals surface area contributed by atoms with Gasteiger partial charge in [-0.3, -0.25) is 9.59 Å². The molecule has 0 bridgehead atoms. The average molecular weight is 255 g/mol. The van der Waals surface area contributed by atoms with Crippen LogP contribution in [0, 0.1) is 5.92 Å². The summed E-state index contributed by atoms with van der Waals surface area (Å²) in [4.78, 5) is 25.2. The van der Waals surface area contributed by atoms with Crippen molar-refractivity contribution in [3.8, 4) is 0 Å². The van der Waals surface area contributed by atoms with Gasteiger partial charge in [0, 0.05) is 25.0 Å². The lowest BCUT2D eigenvalue weighted by molar-refractivity contribution is -0.136. The van der Waals surface area contributed by atoms with Crippen molar-refractivity contribution in [3.63, 3.8) is 0 Å². The first-order valence-electron chi connectivity index (χ1n) is 6.76. The minimum Gasteiger partial charge on any atom is -0.352 e. The Morgan fingerprint density at radius 3 is 2.44 bits per heavy atom. The van der Waals surface area contributed by atoms with Crippen molar-refractivity contribution in [1.82, 2.24) is 10.2 Å². The third-order valence-corrected chi connectivity index (χ3v) is 3.16. The molecule has 1 saturated carbocycles. The molecule has 3 N–H and O–H groups in total. The minimum atomic E-state index is -0.111. The minimum absolute atomic E-state index is 0.0178. The molecular formula is C13H25N3O2. The van der Waals surface area contributed by atoms with Crippen LogP contribution in [-0.2, 0) is 9.59 Å². The van der Waals surface area contributed by atoms with Gasteiger partial charge >= 0.3 is 0 Å². The van der Waals surface area contributed by atoms with Crippen LogP contribution >= 0.6 is 0 Å². The highest BCUT2D eigenvalue weighted by molar-refractivity contribution is 5.85. The Balaban J connectivity index is 2.38. The number of nitrogens with two attached hydrogens (primary N) is 1. The molecule has 1 aliphatic carbocycles. The highest BCUT2D eigenvalue weighted by Crippen LogP contribution is 2.32. The molecule has 0 radical (unpaired) electrons. The summed E-state index contributed by atoms with van der Waals surface area (Å²) in [7, 11) is 0. The first kappa shape index (κ1) is 15.0. The highest BCUT2D eigenvalue weighted by Gasteiger charge is 2.31. The molecule has 0 aromatic heterocycles. The zero-order valence-electron chi connectivity index (χ0n) is 11.6. The van der Waals surface area contributed by atoms with E-state index in [2.05, 4.69) is 5.32 Å². The Morgan fingerprint density at radius 1 is 1.39 bits per heavy atom. The van der Waals surface area contributed by atoms with Gasteiger partial charge in [0.1, 0.15) is 0 Å².